The molecule has 0 aliphatic carbocycles. The molecule has 2 aromatic carbocycles. The van der Waals surface area contributed by atoms with Crippen molar-refractivity contribution in [3.05, 3.63) is 76.5 Å². The maximum absolute atomic E-state index is 13.3. The quantitative estimate of drug-likeness (QED) is 0.343. The van der Waals surface area contributed by atoms with E-state index in [4.69, 9.17) is 4.74 Å². The van der Waals surface area contributed by atoms with Crippen molar-refractivity contribution >= 4 is 47.1 Å². The fourth-order valence-corrected chi connectivity index (χ4v) is 6.87. The molecule has 3 aliphatic rings. The number of carbonyl (C=O) groups is 5. The van der Waals surface area contributed by atoms with Crippen LogP contribution in [0.5, 0.6) is 0 Å². The van der Waals surface area contributed by atoms with Gasteiger partial charge in [-0.05, 0) is 49.1 Å². The first-order chi connectivity index (χ1) is 19.6. The summed E-state index contributed by atoms with van der Waals surface area (Å²) in [4.78, 5) is 65.2. The Balaban J connectivity index is 1.24. The molecule has 3 heterocycles. The number of carboxylic acids is 1. The number of anilines is 1. The van der Waals surface area contributed by atoms with Gasteiger partial charge >= 0.3 is 11.9 Å². The summed E-state index contributed by atoms with van der Waals surface area (Å²) < 4.78 is 4.95. The Morgan fingerprint density at radius 3 is 2.41 bits per heavy atom. The maximum Gasteiger partial charge on any atom is 0.352 e. The highest BCUT2D eigenvalue weighted by atomic mass is 32.2. The number of esters is 1. The van der Waals surface area contributed by atoms with Crippen molar-refractivity contribution in [2.75, 3.05) is 17.3 Å². The lowest BCUT2D eigenvalue weighted by atomic mass is 9.79. The van der Waals surface area contributed by atoms with Crippen molar-refractivity contribution in [1.82, 2.24) is 10.2 Å². The number of benzene rings is 2. The summed E-state index contributed by atoms with van der Waals surface area (Å²) >= 11 is 1.30. The van der Waals surface area contributed by atoms with Crippen LogP contribution in [0.1, 0.15) is 42.5 Å². The van der Waals surface area contributed by atoms with Gasteiger partial charge in [0.15, 0.2) is 0 Å². The van der Waals surface area contributed by atoms with Crippen LogP contribution in [-0.4, -0.2) is 63.4 Å². The summed E-state index contributed by atoms with van der Waals surface area (Å²) in [6.07, 6.45) is 0.349. The predicted octanol–water partition coefficient (Wildman–Crippen LogP) is 3.09. The molecule has 5 rings (SSSR count). The van der Waals surface area contributed by atoms with E-state index < -0.39 is 35.2 Å². The number of rotatable bonds is 9. The molecule has 2 aromatic rings. The first kappa shape index (κ1) is 28.4. The van der Waals surface area contributed by atoms with Crippen molar-refractivity contribution in [3.63, 3.8) is 0 Å². The first-order valence-corrected chi connectivity index (χ1v) is 14.4. The molecular weight excluding hydrogens is 546 g/mol. The fourth-order valence-electron chi connectivity index (χ4n) is 5.54. The van der Waals surface area contributed by atoms with Gasteiger partial charge in [-0.1, -0.05) is 36.4 Å². The number of ether oxygens (including phenoxy) is 1. The number of β-lactam (4-membered cyclic amide) rings is 2. The van der Waals surface area contributed by atoms with Gasteiger partial charge in [-0.15, -0.1) is 11.8 Å². The van der Waals surface area contributed by atoms with E-state index in [1.807, 2.05) is 62.4 Å². The third-order valence-electron chi connectivity index (χ3n) is 7.82. The van der Waals surface area contributed by atoms with Crippen molar-refractivity contribution in [1.29, 1.82) is 0 Å². The standard InChI is InChI=1S/C30H31N3O7S/c1-16-9-10-21(13-17(16)2)32-25(19-7-5-4-6-8-19)22(27(32)36)11-12-23(35)31-24-28(37)33-26(30(38)39)20(14-40-18(3)34)15-41-29(24)33/h4-10,13,22,24-25,29H,11-12,14-15H2,1-3H3,(H,31,35)(H,38,39)/t22?,24-,25?,29-/m1/s1. The molecule has 41 heavy (non-hydrogen) atoms. The molecular formula is C30H31N3O7S. The summed E-state index contributed by atoms with van der Waals surface area (Å²) in [5.74, 6) is -2.95. The average molecular weight is 578 g/mol. The topological polar surface area (TPSA) is 133 Å². The lowest BCUT2D eigenvalue weighted by Gasteiger charge is -2.49. The van der Waals surface area contributed by atoms with Gasteiger partial charge in [0.1, 0.15) is 23.7 Å². The van der Waals surface area contributed by atoms with Gasteiger partial charge in [0.2, 0.25) is 11.8 Å². The molecule has 3 amide bonds. The molecule has 2 fully saturated rings. The molecule has 11 heteroatoms. The molecule has 0 aromatic heterocycles. The van der Waals surface area contributed by atoms with Crippen LogP contribution in [-0.2, 0) is 28.7 Å². The van der Waals surface area contributed by atoms with E-state index >= 15 is 0 Å². The number of carbonyl (C=O) groups excluding carboxylic acids is 4. The van der Waals surface area contributed by atoms with E-state index in [-0.39, 0.29) is 42.3 Å². The van der Waals surface area contributed by atoms with Gasteiger partial charge in [0, 0.05) is 30.4 Å². The number of carboxylic acid groups (broad SMARTS) is 1. The van der Waals surface area contributed by atoms with Gasteiger partial charge in [0.05, 0.1) is 12.0 Å². The third-order valence-corrected chi connectivity index (χ3v) is 9.16. The number of nitrogens with zero attached hydrogens (tertiary/aromatic N) is 2. The second kappa shape index (κ2) is 11.4. The van der Waals surface area contributed by atoms with Crippen LogP contribution in [0.2, 0.25) is 0 Å². The largest absolute Gasteiger partial charge is 0.477 e. The van der Waals surface area contributed by atoms with Gasteiger partial charge in [0.25, 0.3) is 5.91 Å². The predicted molar refractivity (Wildman–Crippen MR) is 152 cm³/mol. The highest BCUT2D eigenvalue weighted by Crippen LogP contribution is 2.46. The highest BCUT2D eigenvalue weighted by Gasteiger charge is 2.54. The van der Waals surface area contributed by atoms with Crippen LogP contribution in [0.15, 0.2) is 59.8 Å². The number of nitrogens with one attached hydrogen (secondary N) is 1. The van der Waals surface area contributed by atoms with E-state index in [2.05, 4.69) is 5.32 Å². The molecule has 2 saturated heterocycles. The van der Waals surface area contributed by atoms with Crippen LogP contribution < -0.4 is 10.2 Å². The SMILES string of the molecule is CC(=O)OCC1=C(C(=O)O)N2C(=O)[C@@H](NC(=O)CCC3C(=O)N(c4ccc(C)c(C)c4)C3c3ccccc3)[C@H]2SC1. The minimum atomic E-state index is -1.29. The zero-order valence-corrected chi connectivity index (χ0v) is 23.8. The van der Waals surface area contributed by atoms with Crippen LogP contribution in [0, 0.1) is 19.8 Å². The highest BCUT2D eigenvalue weighted by molar-refractivity contribution is 8.00. The first-order valence-electron chi connectivity index (χ1n) is 13.4. The Morgan fingerprint density at radius 1 is 1.02 bits per heavy atom. The third kappa shape index (κ3) is 5.33. The minimum Gasteiger partial charge on any atom is -0.477 e. The van der Waals surface area contributed by atoms with Crippen molar-refractivity contribution in [3.8, 4) is 0 Å². The van der Waals surface area contributed by atoms with Gasteiger partial charge < -0.3 is 20.1 Å². The molecule has 0 saturated carbocycles. The van der Waals surface area contributed by atoms with Crippen LogP contribution in [0.4, 0.5) is 5.69 Å². The lowest BCUT2D eigenvalue weighted by Crippen LogP contribution is -2.70. The summed E-state index contributed by atoms with van der Waals surface area (Å²) in [5, 5.41) is 11.9. The lowest BCUT2D eigenvalue weighted by molar-refractivity contribution is -0.151. The fraction of sp³-hybridized carbons (Fsp3) is 0.367. The summed E-state index contributed by atoms with van der Waals surface area (Å²) in [7, 11) is 0. The number of fused-ring (bicyclic) bond motifs is 1. The van der Waals surface area contributed by atoms with Crippen molar-refractivity contribution in [2.24, 2.45) is 5.92 Å². The number of amides is 3. The molecule has 2 unspecified atom stereocenters. The van der Waals surface area contributed by atoms with Crippen LogP contribution >= 0.6 is 11.8 Å². The normalized spacial score (nSPS) is 23.4. The second-order valence-electron chi connectivity index (χ2n) is 10.5. The molecule has 4 atom stereocenters. The van der Waals surface area contributed by atoms with E-state index in [1.165, 1.54) is 18.7 Å². The molecule has 0 radical (unpaired) electrons. The molecule has 2 N–H and O–H groups in total. The second-order valence-corrected chi connectivity index (χ2v) is 11.6. The van der Waals surface area contributed by atoms with E-state index in [1.54, 1.807) is 4.90 Å². The van der Waals surface area contributed by atoms with Crippen LogP contribution in [0.3, 0.4) is 0 Å². The van der Waals surface area contributed by atoms with Crippen LogP contribution in [0.25, 0.3) is 0 Å². The smallest absolute Gasteiger partial charge is 0.352 e. The number of aliphatic carboxylic acids is 1. The number of hydrogen-bond donors (Lipinski definition) is 2. The summed E-state index contributed by atoms with van der Waals surface area (Å²) in [5.41, 5.74) is 4.15. The Bertz CT molecular complexity index is 1460. The van der Waals surface area contributed by atoms with Gasteiger partial charge in [-0.2, -0.15) is 0 Å². The van der Waals surface area contributed by atoms with E-state index in [0.29, 0.717) is 12.0 Å². The van der Waals surface area contributed by atoms with Crippen molar-refractivity contribution in [2.45, 2.75) is 51.1 Å². The van der Waals surface area contributed by atoms with Crippen molar-refractivity contribution < 1.29 is 33.8 Å². The van der Waals surface area contributed by atoms with E-state index in [9.17, 15) is 29.1 Å². The monoisotopic (exact) mass is 577 g/mol. The number of hydrogen-bond acceptors (Lipinski definition) is 7. The molecule has 0 bridgehead atoms. The zero-order chi connectivity index (χ0) is 29.4. The summed E-state index contributed by atoms with van der Waals surface area (Å²) in [6, 6.07) is 14.6. The molecule has 214 valence electrons. The Hall–Kier alpha value is -4.12. The zero-order valence-electron chi connectivity index (χ0n) is 23.0. The number of aryl methyl sites for hydroxylation is 2. The molecule has 10 nitrogen and oxygen atoms in total. The van der Waals surface area contributed by atoms with Gasteiger partial charge in [-0.25, -0.2) is 4.79 Å². The Morgan fingerprint density at radius 2 is 1.76 bits per heavy atom. The summed E-state index contributed by atoms with van der Waals surface area (Å²) in [6.45, 7) is 5.03. The number of thioether (sulfide) groups is 1. The Labute approximate surface area is 241 Å². The van der Waals surface area contributed by atoms with E-state index in [0.717, 1.165) is 27.3 Å². The minimum absolute atomic E-state index is 0.0427. The Kier molecular flexibility index (Phi) is 7.90. The average Bonchev–Trinajstić information content (AvgIpc) is 2.94. The molecule has 3 aliphatic heterocycles. The maximum atomic E-state index is 13.3. The molecule has 0 spiro atoms. The van der Waals surface area contributed by atoms with Gasteiger partial charge in [-0.3, -0.25) is 24.1 Å².